The maximum atomic E-state index is 10.0. The number of ether oxygens (including phenoxy) is 2. The Balaban J connectivity index is 1.94. The quantitative estimate of drug-likeness (QED) is 0.514. The fourth-order valence-electron chi connectivity index (χ4n) is 2.65. The Hall–Kier alpha value is -1.59. The van der Waals surface area contributed by atoms with Crippen LogP contribution < -0.4 is 0 Å². The van der Waals surface area contributed by atoms with Gasteiger partial charge in [0.05, 0.1) is 37.6 Å². The molecule has 1 aliphatic heterocycles. The molecule has 1 aromatic rings. The first-order valence-electron chi connectivity index (χ1n) is 7.13. The van der Waals surface area contributed by atoms with Gasteiger partial charge >= 0.3 is 0 Å². The number of rotatable bonds is 5. The second kappa shape index (κ2) is 7.43. The molecule has 1 heterocycles. The predicted molar refractivity (Wildman–Crippen MR) is 78.5 cm³/mol. The van der Waals surface area contributed by atoms with E-state index in [-0.39, 0.29) is 18.1 Å². The standard InChI is InChI=1S/C15H21N3O3/c1-10-14(17-18-16)13(21-11(2)15(10)19)9-20-8-12-6-4-3-5-7-12/h3-7,10-11,13-15,19H,8-9H2,1-2H3/t10?,11-,13?,14+,15?/m0/s1. The molecule has 1 N–H and O–H groups in total. The Kier molecular flexibility index (Phi) is 5.59. The van der Waals surface area contributed by atoms with Crippen molar-refractivity contribution < 1.29 is 14.6 Å². The largest absolute Gasteiger partial charge is 0.390 e. The van der Waals surface area contributed by atoms with Crippen molar-refractivity contribution >= 4 is 0 Å². The molecule has 1 aromatic carbocycles. The summed E-state index contributed by atoms with van der Waals surface area (Å²) in [5.74, 6) is -0.157. The van der Waals surface area contributed by atoms with Gasteiger partial charge in [0.25, 0.3) is 0 Å². The number of aliphatic hydroxyl groups is 1. The molecule has 0 bridgehead atoms. The van der Waals surface area contributed by atoms with Gasteiger partial charge in [-0.25, -0.2) is 0 Å². The van der Waals surface area contributed by atoms with Gasteiger partial charge in [0, 0.05) is 4.91 Å². The SMILES string of the molecule is CC1C(O)[C@H](C)OC(COCc2ccccc2)[C@@H]1N=[N+]=[N-]. The summed E-state index contributed by atoms with van der Waals surface area (Å²) >= 11 is 0. The Labute approximate surface area is 124 Å². The first-order chi connectivity index (χ1) is 10.1. The Morgan fingerprint density at radius 2 is 2.05 bits per heavy atom. The van der Waals surface area contributed by atoms with Crippen molar-refractivity contribution in [2.75, 3.05) is 6.61 Å². The summed E-state index contributed by atoms with van der Waals surface area (Å²) in [6, 6.07) is 9.43. The van der Waals surface area contributed by atoms with Gasteiger partial charge < -0.3 is 14.6 Å². The van der Waals surface area contributed by atoms with E-state index in [1.165, 1.54) is 0 Å². The number of nitrogens with zero attached hydrogens (tertiary/aromatic N) is 3. The van der Waals surface area contributed by atoms with E-state index in [1.54, 1.807) is 0 Å². The molecular weight excluding hydrogens is 270 g/mol. The van der Waals surface area contributed by atoms with Gasteiger partial charge in [-0.3, -0.25) is 0 Å². The minimum Gasteiger partial charge on any atom is -0.390 e. The van der Waals surface area contributed by atoms with Crippen LogP contribution in [0.2, 0.25) is 0 Å². The third kappa shape index (κ3) is 3.95. The van der Waals surface area contributed by atoms with Gasteiger partial charge in [0.2, 0.25) is 0 Å². The van der Waals surface area contributed by atoms with Crippen LogP contribution in [-0.4, -0.2) is 36.1 Å². The van der Waals surface area contributed by atoms with Crippen LogP contribution in [0.3, 0.4) is 0 Å². The smallest absolute Gasteiger partial charge is 0.0901 e. The number of hydrogen-bond acceptors (Lipinski definition) is 4. The van der Waals surface area contributed by atoms with E-state index in [4.69, 9.17) is 15.0 Å². The van der Waals surface area contributed by atoms with Crippen LogP contribution in [0.1, 0.15) is 19.4 Å². The number of benzene rings is 1. The summed E-state index contributed by atoms with van der Waals surface area (Å²) in [5.41, 5.74) is 9.77. The molecule has 0 aromatic heterocycles. The molecule has 0 radical (unpaired) electrons. The molecule has 21 heavy (non-hydrogen) atoms. The van der Waals surface area contributed by atoms with Gasteiger partial charge in [-0.1, -0.05) is 42.4 Å². The van der Waals surface area contributed by atoms with E-state index in [1.807, 2.05) is 44.2 Å². The average Bonchev–Trinajstić information content (AvgIpc) is 2.50. The fraction of sp³-hybridized carbons (Fsp3) is 0.600. The van der Waals surface area contributed by atoms with Crippen LogP contribution in [0.15, 0.2) is 35.4 Å². The van der Waals surface area contributed by atoms with E-state index in [9.17, 15) is 5.11 Å². The summed E-state index contributed by atoms with van der Waals surface area (Å²) in [4.78, 5) is 2.86. The molecule has 3 unspecified atom stereocenters. The lowest BCUT2D eigenvalue weighted by atomic mass is 9.86. The van der Waals surface area contributed by atoms with Crippen LogP contribution in [-0.2, 0) is 16.1 Å². The highest BCUT2D eigenvalue weighted by molar-refractivity contribution is 5.13. The molecule has 114 valence electrons. The van der Waals surface area contributed by atoms with Gasteiger partial charge in [0.1, 0.15) is 0 Å². The highest BCUT2D eigenvalue weighted by atomic mass is 16.5. The second-order valence-corrected chi connectivity index (χ2v) is 5.43. The number of aliphatic hydroxyl groups excluding tert-OH is 1. The maximum absolute atomic E-state index is 10.0. The molecule has 0 spiro atoms. The van der Waals surface area contributed by atoms with Crippen molar-refractivity contribution in [3.05, 3.63) is 46.3 Å². The molecule has 1 aliphatic rings. The number of azide groups is 1. The van der Waals surface area contributed by atoms with Crippen molar-refractivity contribution in [2.24, 2.45) is 11.0 Å². The van der Waals surface area contributed by atoms with Gasteiger partial charge in [-0.05, 0) is 23.9 Å². The third-order valence-electron chi connectivity index (χ3n) is 3.91. The highest BCUT2D eigenvalue weighted by Gasteiger charge is 2.40. The van der Waals surface area contributed by atoms with Crippen LogP contribution >= 0.6 is 0 Å². The van der Waals surface area contributed by atoms with Crippen molar-refractivity contribution in [1.82, 2.24) is 0 Å². The second-order valence-electron chi connectivity index (χ2n) is 5.43. The maximum Gasteiger partial charge on any atom is 0.0901 e. The number of hydrogen-bond donors (Lipinski definition) is 1. The van der Waals surface area contributed by atoms with Crippen LogP contribution in [0.5, 0.6) is 0 Å². The fourth-order valence-corrected chi connectivity index (χ4v) is 2.65. The van der Waals surface area contributed by atoms with E-state index in [0.29, 0.717) is 13.2 Å². The summed E-state index contributed by atoms with van der Waals surface area (Å²) in [6.45, 7) is 4.50. The molecule has 0 saturated carbocycles. The van der Waals surface area contributed by atoms with E-state index in [2.05, 4.69) is 10.0 Å². The molecule has 5 atom stereocenters. The summed E-state index contributed by atoms with van der Waals surface area (Å²) in [5, 5.41) is 13.8. The zero-order valence-corrected chi connectivity index (χ0v) is 12.3. The van der Waals surface area contributed by atoms with Gasteiger partial charge in [0.15, 0.2) is 0 Å². The molecule has 6 nitrogen and oxygen atoms in total. The molecule has 1 fully saturated rings. The Bertz CT molecular complexity index is 490. The van der Waals surface area contributed by atoms with E-state index < -0.39 is 12.1 Å². The van der Waals surface area contributed by atoms with Crippen molar-refractivity contribution in [1.29, 1.82) is 0 Å². The molecule has 6 heteroatoms. The molecular formula is C15H21N3O3. The zero-order chi connectivity index (χ0) is 15.2. The first-order valence-corrected chi connectivity index (χ1v) is 7.13. The van der Waals surface area contributed by atoms with Crippen molar-refractivity contribution in [2.45, 2.75) is 44.8 Å². The zero-order valence-electron chi connectivity index (χ0n) is 12.3. The summed E-state index contributed by atoms with van der Waals surface area (Å²) in [6.07, 6.45) is -1.26. The van der Waals surface area contributed by atoms with Crippen LogP contribution in [0, 0.1) is 5.92 Å². The predicted octanol–water partition coefficient (Wildman–Crippen LogP) is 2.67. The summed E-state index contributed by atoms with van der Waals surface area (Å²) < 4.78 is 11.4. The van der Waals surface area contributed by atoms with Gasteiger partial charge in [-0.2, -0.15) is 0 Å². The van der Waals surface area contributed by atoms with E-state index in [0.717, 1.165) is 5.56 Å². The third-order valence-corrected chi connectivity index (χ3v) is 3.91. The summed E-state index contributed by atoms with van der Waals surface area (Å²) in [7, 11) is 0. The lowest BCUT2D eigenvalue weighted by Gasteiger charge is -2.40. The minimum absolute atomic E-state index is 0.157. The lowest BCUT2D eigenvalue weighted by Crippen LogP contribution is -2.52. The topological polar surface area (TPSA) is 87.5 Å². The molecule has 2 rings (SSSR count). The highest BCUT2D eigenvalue weighted by Crippen LogP contribution is 2.28. The Morgan fingerprint density at radius 1 is 1.33 bits per heavy atom. The monoisotopic (exact) mass is 291 g/mol. The first kappa shape index (κ1) is 15.8. The van der Waals surface area contributed by atoms with Gasteiger partial charge in [-0.15, -0.1) is 0 Å². The van der Waals surface area contributed by atoms with Crippen LogP contribution in [0.25, 0.3) is 10.4 Å². The van der Waals surface area contributed by atoms with Crippen LogP contribution in [0.4, 0.5) is 0 Å². The van der Waals surface area contributed by atoms with E-state index >= 15 is 0 Å². The molecule has 1 saturated heterocycles. The Morgan fingerprint density at radius 3 is 2.71 bits per heavy atom. The minimum atomic E-state index is -0.633. The molecule has 0 aliphatic carbocycles. The van der Waals surface area contributed by atoms with Crippen molar-refractivity contribution in [3.63, 3.8) is 0 Å². The average molecular weight is 291 g/mol. The normalized spacial score (nSPS) is 32.4. The van der Waals surface area contributed by atoms with Crippen molar-refractivity contribution in [3.8, 4) is 0 Å². The lowest BCUT2D eigenvalue weighted by molar-refractivity contribution is -0.161. The molecule has 0 amide bonds.